The fourth-order valence-electron chi connectivity index (χ4n) is 1.44. The van der Waals surface area contributed by atoms with Gasteiger partial charge in [-0.2, -0.15) is 0 Å². The molecule has 12 heavy (non-hydrogen) atoms. The summed E-state index contributed by atoms with van der Waals surface area (Å²) in [5.41, 5.74) is 5.29. The van der Waals surface area contributed by atoms with Crippen LogP contribution in [0.1, 0.15) is 6.42 Å². The molecule has 1 saturated heterocycles. The molecule has 1 heterocycles. The first kappa shape index (κ1) is 9.95. The summed E-state index contributed by atoms with van der Waals surface area (Å²) in [5.74, 6) is 1.02. The molecule has 72 valence electrons. The highest BCUT2D eigenvalue weighted by Gasteiger charge is 2.26. The summed E-state index contributed by atoms with van der Waals surface area (Å²) in [4.78, 5) is 0. The molecule has 0 saturated carbocycles. The van der Waals surface area contributed by atoms with Gasteiger partial charge in [0.2, 0.25) is 0 Å². The van der Waals surface area contributed by atoms with Gasteiger partial charge in [0.1, 0.15) is 0 Å². The van der Waals surface area contributed by atoms with E-state index < -0.39 is 9.84 Å². The van der Waals surface area contributed by atoms with Crippen LogP contribution in [0.5, 0.6) is 0 Å². The number of rotatable bonds is 4. The summed E-state index contributed by atoms with van der Waals surface area (Å²) < 4.78 is 22.0. The third kappa shape index (κ3) is 3.08. The van der Waals surface area contributed by atoms with E-state index in [1.165, 1.54) is 0 Å². The quantitative estimate of drug-likeness (QED) is 0.559. The van der Waals surface area contributed by atoms with Crippen LogP contribution in [0.2, 0.25) is 0 Å². The van der Waals surface area contributed by atoms with E-state index in [1.54, 1.807) is 0 Å². The molecule has 4 nitrogen and oxygen atoms in total. The average molecular weight is 192 g/mol. The largest absolute Gasteiger partial charge is 0.329 e. The summed E-state index contributed by atoms with van der Waals surface area (Å²) in [6.45, 7) is 2.17. The van der Waals surface area contributed by atoms with E-state index in [-0.39, 0.29) is 0 Å². The zero-order valence-corrected chi connectivity index (χ0v) is 7.94. The van der Waals surface area contributed by atoms with Gasteiger partial charge in [0.15, 0.2) is 9.84 Å². The van der Waals surface area contributed by atoms with Crippen molar-refractivity contribution in [1.82, 2.24) is 5.32 Å². The van der Waals surface area contributed by atoms with Crippen LogP contribution in [-0.4, -0.2) is 39.6 Å². The highest BCUT2D eigenvalue weighted by molar-refractivity contribution is 7.91. The molecule has 0 aliphatic carbocycles. The zero-order valence-electron chi connectivity index (χ0n) is 7.12. The van der Waals surface area contributed by atoms with Crippen molar-refractivity contribution in [2.45, 2.75) is 6.42 Å². The summed E-state index contributed by atoms with van der Waals surface area (Å²) in [5, 5.41) is 3.13. The summed E-state index contributed by atoms with van der Waals surface area (Å²) in [6.07, 6.45) is 0.805. The Hall–Kier alpha value is -0.130. The fraction of sp³-hybridized carbons (Fsp3) is 1.00. The molecule has 0 bridgehead atoms. The van der Waals surface area contributed by atoms with Crippen molar-refractivity contribution in [1.29, 1.82) is 0 Å². The smallest absolute Gasteiger partial charge is 0.150 e. The molecule has 1 aliphatic rings. The molecule has 1 unspecified atom stereocenters. The second-order valence-electron chi connectivity index (χ2n) is 3.26. The van der Waals surface area contributed by atoms with Crippen molar-refractivity contribution >= 4 is 9.84 Å². The summed E-state index contributed by atoms with van der Waals surface area (Å²) in [7, 11) is -2.70. The number of nitrogens with one attached hydrogen (secondary N) is 1. The number of hydrogen-bond donors (Lipinski definition) is 2. The van der Waals surface area contributed by atoms with Crippen molar-refractivity contribution in [3.8, 4) is 0 Å². The molecule has 0 spiro atoms. The Bertz CT molecular complexity index is 226. The summed E-state index contributed by atoms with van der Waals surface area (Å²) >= 11 is 0. The molecule has 1 aliphatic heterocycles. The minimum atomic E-state index is -2.70. The van der Waals surface area contributed by atoms with Crippen LogP contribution in [0, 0.1) is 5.92 Å². The van der Waals surface area contributed by atoms with E-state index in [2.05, 4.69) is 5.32 Å². The third-order valence-corrected chi connectivity index (χ3v) is 3.92. The van der Waals surface area contributed by atoms with Crippen molar-refractivity contribution in [2.24, 2.45) is 11.7 Å². The van der Waals surface area contributed by atoms with Gasteiger partial charge < -0.3 is 11.1 Å². The van der Waals surface area contributed by atoms with Crippen molar-refractivity contribution < 1.29 is 8.42 Å². The van der Waals surface area contributed by atoms with E-state index in [0.29, 0.717) is 24.0 Å². The Morgan fingerprint density at radius 3 is 2.75 bits per heavy atom. The maximum Gasteiger partial charge on any atom is 0.150 e. The molecular formula is C7H16N2O2S. The van der Waals surface area contributed by atoms with Crippen LogP contribution in [0.3, 0.4) is 0 Å². The highest BCUT2D eigenvalue weighted by Crippen LogP contribution is 2.16. The first-order valence-corrected chi connectivity index (χ1v) is 6.07. The van der Waals surface area contributed by atoms with Gasteiger partial charge >= 0.3 is 0 Å². The Balaban J connectivity index is 2.20. The van der Waals surface area contributed by atoms with E-state index in [0.717, 1.165) is 19.5 Å². The Kier molecular flexibility index (Phi) is 3.49. The Labute approximate surface area is 73.4 Å². The van der Waals surface area contributed by atoms with E-state index in [4.69, 9.17) is 5.73 Å². The van der Waals surface area contributed by atoms with Crippen LogP contribution >= 0.6 is 0 Å². The molecule has 0 aromatic carbocycles. The normalized spacial score (nSPS) is 27.6. The van der Waals surface area contributed by atoms with Gasteiger partial charge in [-0.15, -0.1) is 0 Å². The third-order valence-electron chi connectivity index (χ3n) is 2.08. The Morgan fingerprint density at radius 1 is 1.50 bits per heavy atom. The van der Waals surface area contributed by atoms with Crippen LogP contribution in [-0.2, 0) is 9.84 Å². The predicted octanol–water partition coefficient (Wildman–Crippen LogP) is -1.03. The first-order chi connectivity index (χ1) is 5.64. The van der Waals surface area contributed by atoms with Gasteiger partial charge in [0, 0.05) is 13.1 Å². The van der Waals surface area contributed by atoms with Gasteiger partial charge in [-0.25, -0.2) is 8.42 Å². The monoisotopic (exact) mass is 192 g/mol. The lowest BCUT2D eigenvalue weighted by Gasteiger charge is -2.07. The van der Waals surface area contributed by atoms with Crippen LogP contribution in [0.15, 0.2) is 0 Å². The lowest BCUT2D eigenvalue weighted by atomic mass is 10.1. The standard InChI is InChI=1S/C7H16N2O2S/c8-2-3-9-5-7-1-4-12(10,11)6-7/h7,9H,1-6,8H2. The Morgan fingerprint density at radius 2 is 2.25 bits per heavy atom. The lowest BCUT2D eigenvalue weighted by molar-refractivity contribution is 0.525. The molecule has 0 aromatic heterocycles. The molecule has 5 heteroatoms. The molecule has 1 rings (SSSR count). The van der Waals surface area contributed by atoms with Gasteiger partial charge in [-0.3, -0.25) is 0 Å². The maximum atomic E-state index is 11.0. The van der Waals surface area contributed by atoms with Gasteiger partial charge in [-0.05, 0) is 18.9 Å². The van der Waals surface area contributed by atoms with Gasteiger partial charge in [-0.1, -0.05) is 0 Å². The number of hydrogen-bond acceptors (Lipinski definition) is 4. The molecule has 0 radical (unpaired) electrons. The SMILES string of the molecule is NCCNCC1CCS(=O)(=O)C1. The van der Waals surface area contributed by atoms with Crippen LogP contribution < -0.4 is 11.1 Å². The first-order valence-electron chi connectivity index (χ1n) is 4.25. The zero-order chi connectivity index (χ0) is 9.03. The van der Waals surface area contributed by atoms with Crippen LogP contribution in [0.25, 0.3) is 0 Å². The second kappa shape index (κ2) is 4.20. The second-order valence-corrected chi connectivity index (χ2v) is 5.49. The maximum absolute atomic E-state index is 11.0. The van der Waals surface area contributed by atoms with Crippen molar-refractivity contribution in [3.05, 3.63) is 0 Å². The molecule has 0 amide bonds. The van der Waals surface area contributed by atoms with E-state index in [9.17, 15) is 8.42 Å². The molecule has 1 fully saturated rings. The molecule has 1 atom stereocenters. The average Bonchev–Trinajstić information content (AvgIpc) is 2.31. The minimum Gasteiger partial charge on any atom is -0.329 e. The molecular weight excluding hydrogens is 176 g/mol. The summed E-state index contributed by atoms with van der Waals surface area (Å²) in [6, 6.07) is 0. The fourth-order valence-corrected chi connectivity index (χ4v) is 3.30. The highest BCUT2D eigenvalue weighted by atomic mass is 32.2. The van der Waals surface area contributed by atoms with Gasteiger partial charge in [0.25, 0.3) is 0 Å². The predicted molar refractivity (Wildman–Crippen MR) is 48.7 cm³/mol. The van der Waals surface area contributed by atoms with E-state index >= 15 is 0 Å². The van der Waals surface area contributed by atoms with E-state index in [1.807, 2.05) is 0 Å². The lowest BCUT2D eigenvalue weighted by Crippen LogP contribution is -2.28. The van der Waals surface area contributed by atoms with Gasteiger partial charge in [0.05, 0.1) is 11.5 Å². The number of sulfone groups is 1. The number of nitrogens with two attached hydrogens (primary N) is 1. The molecule has 3 N–H and O–H groups in total. The van der Waals surface area contributed by atoms with Crippen molar-refractivity contribution in [3.63, 3.8) is 0 Å². The molecule has 0 aromatic rings. The topological polar surface area (TPSA) is 72.2 Å². The van der Waals surface area contributed by atoms with Crippen LogP contribution in [0.4, 0.5) is 0 Å². The minimum absolute atomic E-state index is 0.307. The van der Waals surface area contributed by atoms with Crippen molar-refractivity contribution in [2.75, 3.05) is 31.1 Å².